The molecule has 0 spiro atoms. The van der Waals surface area contributed by atoms with E-state index in [4.69, 9.17) is 16.0 Å². The standard InChI is InChI=1S/C21H18ClN3O4S/c22-14-5-2-1-4-12(14)7-8-23-19(27)13-10-15-18(16(26)11-13)30-21(24-15)25-20(28)17-6-3-9-29-17/h1-6,9,13H,7-8,10-11H2,(H,23,27)(H,24,25,28). The molecule has 154 valence electrons. The summed E-state index contributed by atoms with van der Waals surface area (Å²) in [6.07, 6.45) is 2.49. The van der Waals surface area contributed by atoms with Gasteiger partial charge in [-0.3, -0.25) is 19.7 Å². The van der Waals surface area contributed by atoms with Crippen LogP contribution in [0.2, 0.25) is 5.02 Å². The summed E-state index contributed by atoms with van der Waals surface area (Å²) in [4.78, 5) is 42.0. The fraction of sp³-hybridized carbons (Fsp3) is 0.238. The number of amides is 2. The van der Waals surface area contributed by atoms with Crippen LogP contribution in [-0.4, -0.2) is 29.1 Å². The highest BCUT2D eigenvalue weighted by Crippen LogP contribution is 2.32. The minimum Gasteiger partial charge on any atom is -0.459 e. The molecule has 3 aromatic rings. The zero-order valence-electron chi connectivity index (χ0n) is 15.8. The number of fused-ring (bicyclic) bond motifs is 1. The fourth-order valence-corrected chi connectivity index (χ4v) is 4.47. The number of carbonyl (C=O) groups excluding carboxylic acids is 3. The molecule has 0 radical (unpaired) electrons. The first kappa shape index (κ1) is 20.3. The molecule has 0 saturated heterocycles. The van der Waals surface area contributed by atoms with E-state index in [9.17, 15) is 14.4 Å². The molecule has 7 nitrogen and oxygen atoms in total. The maximum atomic E-state index is 12.6. The summed E-state index contributed by atoms with van der Waals surface area (Å²) in [5.41, 5.74) is 1.50. The van der Waals surface area contributed by atoms with Crippen molar-refractivity contribution < 1.29 is 18.8 Å². The molecule has 0 aliphatic heterocycles. The van der Waals surface area contributed by atoms with Gasteiger partial charge in [0.1, 0.15) is 0 Å². The van der Waals surface area contributed by atoms with Crippen molar-refractivity contribution in [3.63, 3.8) is 0 Å². The lowest BCUT2D eigenvalue weighted by atomic mass is 9.89. The third-order valence-electron chi connectivity index (χ3n) is 4.81. The van der Waals surface area contributed by atoms with Crippen molar-refractivity contribution in [1.29, 1.82) is 0 Å². The molecular weight excluding hydrogens is 426 g/mol. The Labute approximate surface area is 181 Å². The summed E-state index contributed by atoms with van der Waals surface area (Å²) in [6.45, 7) is 0.432. The van der Waals surface area contributed by atoms with Crippen LogP contribution in [0.1, 0.15) is 37.9 Å². The molecule has 2 N–H and O–H groups in total. The molecule has 0 fully saturated rings. The second kappa shape index (κ2) is 8.81. The number of hydrogen-bond acceptors (Lipinski definition) is 6. The van der Waals surface area contributed by atoms with Crippen LogP contribution in [0, 0.1) is 5.92 Å². The van der Waals surface area contributed by atoms with E-state index < -0.39 is 11.8 Å². The minimum atomic E-state index is -0.480. The van der Waals surface area contributed by atoms with E-state index in [2.05, 4.69) is 15.6 Å². The number of thiazole rings is 1. The van der Waals surface area contributed by atoms with Crippen LogP contribution in [0.5, 0.6) is 0 Å². The molecule has 4 rings (SSSR count). The molecule has 0 saturated carbocycles. The highest BCUT2D eigenvalue weighted by Gasteiger charge is 2.33. The van der Waals surface area contributed by atoms with Crippen LogP contribution < -0.4 is 10.6 Å². The normalized spacial score (nSPS) is 15.5. The molecular formula is C21H18ClN3O4S. The zero-order valence-corrected chi connectivity index (χ0v) is 17.4. The van der Waals surface area contributed by atoms with Crippen LogP contribution in [-0.2, 0) is 17.6 Å². The molecule has 2 aromatic heterocycles. The average molecular weight is 444 g/mol. The quantitative estimate of drug-likeness (QED) is 0.604. The van der Waals surface area contributed by atoms with Gasteiger partial charge in [0, 0.05) is 24.4 Å². The number of halogens is 1. The predicted octanol–water partition coefficient (Wildman–Crippen LogP) is 3.75. The van der Waals surface area contributed by atoms with Gasteiger partial charge < -0.3 is 9.73 Å². The number of furan rings is 1. The molecule has 1 aromatic carbocycles. The first-order chi connectivity index (χ1) is 14.5. The van der Waals surface area contributed by atoms with Crippen molar-refractivity contribution in [2.75, 3.05) is 11.9 Å². The molecule has 1 aliphatic carbocycles. The molecule has 1 aliphatic rings. The van der Waals surface area contributed by atoms with Gasteiger partial charge in [-0.1, -0.05) is 41.1 Å². The van der Waals surface area contributed by atoms with Crippen molar-refractivity contribution >= 4 is 45.7 Å². The number of benzene rings is 1. The largest absolute Gasteiger partial charge is 0.459 e. The van der Waals surface area contributed by atoms with Gasteiger partial charge in [-0.2, -0.15) is 0 Å². The summed E-state index contributed by atoms with van der Waals surface area (Å²) >= 11 is 7.25. The number of Topliss-reactive ketones (excluding diaryl/α,β-unsaturated/α-hetero) is 1. The molecule has 1 unspecified atom stereocenters. The highest BCUT2D eigenvalue weighted by atomic mass is 35.5. The van der Waals surface area contributed by atoms with Crippen molar-refractivity contribution in [2.24, 2.45) is 5.92 Å². The van der Waals surface area contributed by atoms with Gasteiger partial charge in [0.25, 0.3) is 5.91 Å². The van der Waals surface area contributed by atoms with Crippen LogP contribution in [0.4, 0.5) is 5.13 Å². The summed E-state index contributed by atoms with van der Waals surface area (Å²) in [7, 11) is 0. The van der Waals surface area contributed by atoms with Crippen molar-refractivity contribution in [3.05, 3.63) is 69.6 Å². The maximum absolute atomic E-state index is 12.6. The SMILES string of the molecule is O=C(Nc1nc2c(s1)C(=O)CC(C(=O)NCCc1ccccc1Cl)C2)c1ccco1. The lowest BCUT2D eigenvalue weighted by Crippen LogP contribution is -2.36. The van der Waals surface area contributed by atoms with Gasteiger partial charge in [0.15, 0.2) is 16.7 Å². The van der Waals surface area contributed by atoms with Crippen LogP contribution >= 0.6 is 22.9 Å². The minimum absolute atomic E-state index is 0.124. The zero-order chi connectivity index (χ0) is 21.1. The Bertz CT molecular complexity index is 1090. The van der Waals surface area contributed by atoms with E-state index in [1.54, 1.807) is 6.07 Å². The lowest BCUT2D eigenvalue weighted by molar-refractivity contribution is -0.125. The molecule has 9 heteroatoms. The summed E-state index contributed by atoms with van der Waals surface area (Å²) in [5, 5.41) is 6.49. The van der Waals surface area contributed by atoms with Crippen LogP contribution in [0.3, 0.4) is 0 Å². The van der Waals surface area contributed by atoms with E-state index in [1.807, 2.05) is 24.3 Å². The number of carbonyl (C=O) groups is 3. The Morgan fingerprint density at radius 3 is 2.80 bits per heavy atom. The third-order valence-corrected chi connectivity index (χ3v) is 6.23. The smallest absolute Gasteiger partial charge is 0.293 e. The summed E-state index contributed by atoms with van der Waals surface area (Å²) in [5.74, 6) is -1.08. The second-order valence-corrected chi connectivity index (χ2v) is 8.29. The number of rotatable bonds is 6. The van der Waals surface area contributed by atoms with Crippen molar-refractivity contribution in [3.8, 4) is 0 Å². The summed E-state index contributed by atoms with van der Waals surface area (Å²) in [6, 6.07) is 10.6. The Hall–Kier alpha value is -2.97. The topological polar surface area (TPSA) is 101 Å². The second-order valence-electron chi connectivity index (χ2n) is 6.89. The molecule has 2 heterocycles. The first-order valence-corrected chi connectivity index (χ1v) is 10.6. The van der Waals surface area contributed by atoms with Gasteiger partial charge >= 0.3 is 0 Å². The number of hydrogen-bond donors (Lipinski definition) is 2. The van der Waals surface area contributed by atoms with Crippen molar-refractivity contribution in [1.82, 2.24) is 10.3 Å². The fourth-order valence-electron chi connectivity index (χ4n) is 3.30. The van der Waals surface area contributed by atoms with Crippen LogP contribution in [0.15, 0.2) is 47.1 Å². The number of nitrogens with zero attached hydrogens (tertiary/aromatic N) is 1. The Kier molecular flexibility index (Phi) is 5.96. The maximum Gasteiger partial charge on any atom is 0.293 e. The number of nitrogens with one attached hydrogen (secondary N) is 2. The number of anilines is 1. The van der Waals surface area contributed by atoms with E-state index in [0.717, 1.165) is 16.9 Å². The Balaban J connectivity index is 1.36. The monoisotopic (exact) mass is 443 g/mol. The van der Waals surface area contributed by atoms with E-state index in [0.29, 0.717) is 40.1 Å². The highest BCUT2D eigenvalue weighted by molar-refractivity contribution is 7.17. The third kappa shape index (κ3) is 4.44. The molecule has 0 bridgehead atoms. The summed E-state index contributed by atoms with van der Waals surface area (Å²) < 4.78 is 5.05. The Morgan fingerprint density at radius 2 is 2.03 bits per heavy atom. The van der Waals surface area contributed by atoms with E-state index in [-0.39, 0.29) is 23.9 Å². The first-order valence-electron chi connectivity index (χ1n) is 9.40. The predicted molar refractivity (Wildman–Crippen MR) is 113 cm³/mol. The Morgan fingerprint density at radius 1 is 1.20 bits per heavy atom. The molecule has 1 atom stereocenters. The van der Waals surface area contributed by atoms with Gasteiger partial charge in [0.05, 0.1) is 22.8 Å². The van der Waals surface area contributed by atoms with Gasteiger partial charge in [-0.05, 0) is 30.2 Å². The van der Waals surface area contributed by atoms with Gasteiger partial charge in [-0.25, -0.2) is 4.98 Å². The number of ketones is 1. The van der Waals surface area contributed by atoms with E-state index >= 15 is 0 Å². The van der Waals surface area contributed by atoms with Crippen molar-refractivity contribution in [2.45, 2.75) is 19.3 Å². The van der Waals surface area contributed by atoms with Gasteiger partial charge in [-0.15, -0.1) is 0 Å². The van der Waals surface area contributed by atoms with E-state index in [1.165, 1.54) is 12.3 Å². The molecule has 30 heavy (non-hydrogen) atoms. The number of aromatic nitrogens is 1. The average Bonchev–Trinajstić information content (AvgIpc) is 3.39. The van der Waals surface area contributed by atoms with Crippen LogP contribution in [0.25, 0.3) is 0 Å². The molecule has 2 amide bonds. The lowest BCUT2D eigenvalue weighted by Gasteiger charge is -2.19. The van der Waals surface area contributed by atoms with Gasteiger partial charge in [0.2, 0.25) is 5.91 Å².